The summed E-state index contributed by atoms with van der Waals surface area (Å²) >= 11 is 0. The number of aromatic nitrogens is 2. The van der Waals surface area contributed by atoms with Crippen LogP contribution in [0.2, 0.25) is 0 Å². The Labute approximate surface area is 173 Å². The summed E-state index contributed by atoms with van der Waals surface area (Å²) in [6, 6.07) is 8.71. The third kappa shape index (κ3) is 4.05. The first-order valence-electron chi connectivity index (χ1n) is 8.85. The molecule has 1 saturated heterocycles. The molecule has 0 saturated carbocycles. The average molecular weight is 467 g/mol. The molecule has 2 aromatic rings. The second-order valence-electron chi connectivity index (χ2n) is 7.98. The van der Waals surface area contributed by atoms with Gasteiger partial charge < -0.3 is 14.8 Å². The van der Waals surface area contributed by atoms with Crippen LogP contribution in [0.3, 0.4) is 0 Å². The van der Waals surface area contributed by atoms with E-state index in [4.69, 9.17) is 0 Å². The van der Waals surface area contributed by atoms with Gasteiger partial charge in [-0.05, 0) is 25.0 Å². The molecule has 1 aromatic carbocycles. The monoisotopic (exact) mass is 467 g/mol. The van der Waals surface area contributed by atoms with E-state index in [1.807, 2.05) is 25.8 Å². The number of benzene rings is 1. The molecule has 1 aliphatic heterocycles. The molecule has 0 spiro atoms. The van der Waals surface area contributed by atoms with E-state index in [0.29, 0.717) is 5.41 Å². The maximum absolute atomic E-state index is 4.47. The van der Waals surface area contributed by atoms with Gasteiger partial charge in [-0.2, -0.15) is 0 Å². The Morgan fingerprint density at radius 3 is 2.31 bits per heavy atom. The van der Waals surface area contributed by atoms with Crippen LogP contribution < -0.4 is 5.32 Å². The van der Waals surface area contributed by atoms with Gasteiger partial charge >= 0.3 is 0 Å². The first-order chi connectivity index (χ1) is 11.8. The zero-order valence-corrected chi connectivity index (χ0v) is 18.7. The summed E-state index contributed by atoms with van der Waals surface area (Å²) in [6.07, 6.45) is 5.63. The van der Waals surface area contributed by atoms with Crippen LogP contribution in [0.4, 0.5) is 0 Å². The number of rotatable bonds is 4. The Bertz CT molecular complexity index is 732. The van der Waals surface area contributed by atoms with Gasteiger partial charge in [-0.1, -0.05) is 38.1 Å². The predicted octanol–water partition coefficient (Wildman–Crippen LogP) is 3.75. The number of halogens is 1. The third-order valence-electron chi connectivity index (χ3n) is 5.75. The lowest BCUT2D eigenvalue weighted by atomic mass is 9.65. The molecule has 142 valence electrons. The molecule has 5 nitrogen and oxygen atoms in total. The molecule has 0 atom stereocenters. The van der Waals surface area contributed by atoms with Gasteiger partial charge in [-0.25, -0.2) is 4.98 Å². The number of imidazole rings is 1. The number of aliphatic imine (C=N–C) groups is 1. The fraction of sp³-hybridized carbons (Fsp3) is 0.500. The minimum atomic E-state index is 0. The summed E-state index contributed by atoms with van der Waals surface area (Å²) in [5, 5.41) is 3.51. The van der Waals surface area contributed by atoms with Gasteiger partial charge in [0.1, 0.15) is 0 Å². The number of nitrogens with one attached hydrogen (secondary N) is 1. The van der Waals surface area contributed by atoms with Crippen molar-refractivity contribution in [3.63, 3.8) is 0 Å². The molecule has 1 aliphatic rings. The van der Waals surface area contributed by atoms with Crippen LogP contribution in [-0.2, 0) is 13.1 Å². The van der Waals surface area contributed by atoms with Crippen LogP contribution in [0, 0.1) is 5.41 Å². The normalized spacial score (nSPS) is 18.0. The molecular weight excluding hydrogens is 437 g/mol. The van der Waals surface area contributed by atoms with Crippen molar-refractivity contribution in [3.05, 3.63) is 54.1 Å². The fourth-order valence-electron chi connectivity index (χ4n) is 3.23. The SMILES string of the molecule is CN=C(NCc1ccc(Cn2ccnc2)cc1)N1CC(C)(C)C1(C)C.I. The molecule has 3 rings (SSSR count). The quantitative estimate of drug-likeness (QED) is 0.424. The minimum absolute atomic E-state index is 0. The van der Waals surface area contributed by atoms with Gasteiger partial charge in [0.2, 0.25) is 0 Å². The molecule has 1 fully saturated rings. The summed E-state index contributed by atoms with van der Waals surface area (Å²) in [5.41, 5.74) is 2.95. The Morgan fingerprint density at radius 2 is 1.81 bits per heavy atom. The summed E-state index contributed by atoms with van der Waals surface area (Å²) < 4.78 is 2.07. The van der Waals surface area contributed by atoms with Crippen LogP contribution in [0.25, 0.3) is 0 Å². The van der Waals surface area contributed by atoms with E-state index in [0.717, 1.165) is 25.6 Å². The Balaban J connectivity index is 0.00000243. The summed E-state index contributed by atoms with van der Waals surface area (Å²) in [7, 11) is 1.86. The van der Waals surface area contributed by atoms with Crippen molar-refractivity contribution in [2.24, 2.45) is 10.4 Å². The van der Waals surface area contributed by atoms with Crippen molar-refractivity contribution >= 4 is 29.9 Å². The summed E-state index contributed by atoms with van der Waals surface area (Å²) in [4.78, 5) is 10.9. The fourth-order valence-corrected chi connectivity index (χ4v) is 3.23. The zero-order valence-electron chi connectivity index (χ0n) is 16.4. The topological polar surface area (TPSA) is 45.5 Å². The van der Waals surface area contributed by atoms with E-state index in [2.05, 4.69) is 76.7 Å². The highest BCUT2D eigenvalue weighted by Gasteiger charge is 2.53. The van der Waals surface area contributed by atoms with E-state index in [1.54, 1.807) is 0 Å². The van der Waals surface area contributed by atoms with Crippen LogP contribution in [0.1, 0.15) is 38.8 Å². The molecular formula is C20H30IN5. The lowest BCUT2D eigenvalue weighted by Crippen LogP contribution is -2.72. The molecule has 0 bridgehead atoms. The average Bonchev–Trinajstić information content (AvgIpc) is 3.09. The van der Waals surface area contributed by atoms with E-state index in [-0.39, 0.29) is 29.5 Å². The molecule has 0 radical (unpaired) electrons. The standard InChI is InChI=1S/C20H29N5.HI/c1-19(2)14-25(20(19,3)4)18(21-5)23-12-16-6-8-17(9-7-16)13-24-11-10-22-15-24;/h6-11,15H,12-14H2,1-5H3,(H,21,23);1H. The van der Waals surface area contributed by atoms with Gasteiger partial charge in [-0.15, -0.1) is 24.0 Å². The number of nitrogens with zero attached hydrogens (tertiary/aromatic N) is 4. The first kappa shape index (κ1) is 20.7. The van der Waals surface area contributed by atoms with Crippen molar-refractivity contribution in [3.8, 4) is 0 Å². The number of hydrogen-bond acceptors (Lipinski definition) is 2. The molecule has 1 N–H and O–H groups in total. The molecule has 0 amide bonds. The lowest BCUT2D eigenvalue weighted by Gasteiger charge is -2.62. The van der Waals surface area contributed by atoms with E-state index in [1.165, 1.54) is 11.1 Å². The maximum Gasteiger partial charge on any atom is 0.194 e. The highest BCUT2D eigenvalue weighted by Crippen LogP contribution is 2.46. The molecule has 6 heteroatoms. The Hall–Kier alpha value is -1.57. The van der Waals surface area contributed by atoms with Crippen LogP contribution in [-0.4, -0.2) is 39.5 Å². The van der Waals surface area contributed by atoms with Crippen LogP contribution >= 0.6 is 24.0 Å². The molecule has 0 unspecified atom stereocenters. The minimum Gasteiger partial charge on any atom is -0.352 e. The van der Waals surface area contributed by atoms with E-state index >= 15 is 0 Å². The maximum atomic E-state index is 4.47. The third-order valence-corrected chi connectivity index (χ3v) is 5.75. The van der Waals surface area contributed by atoms with Crippen LogP contribution in [0.15, 0.2) is 48.0 Å². The van der Waals surface area contributed by atoms with E-state index in [9.17, 15) is 0 Å². The highest BCUT2D eigenvalue weighted by atomic mass is 127. The van der Waals surface area contributed by atoms with Gasteiger partial charge in [0.15, 0.2) is 5.96 Å². The Morgan fingerprint density at radius 1 is 1.15 bits per heavy atom. The highest BCUT2D eigenvalue weighted by molar-refractivity contribution is 14.0. The second-order valence-corrected chi connectivity index (χ2v) is 7.98. The largest absolute Gasteiger partial charge is 0.352 e. The number of hydrogen-bond donors (Lipinski definition) is 1. The van der Waals surface area contributed by atoms with Crippen LogP contribution in [0.5, 0.6) is 0 Å². The van der Waals surface area contributed by atoms with Gasteiger partial charge in [-0.3, -0.25) is 4.99 Å². The summed E-state index contributed by atoms with van der Waals surface area (Å²) in [6.45, 7) is 11.9. The lowest BCUT2D eigenvalue weighted by molar-refractivity contribution is -0.0667. The van der Waals surface area contributed by atoms with Gasteiger partial charge in [0, 0.05) is 50.0 Å². The molecule has 26 heavy (non-hydrogen) atoms. The number of guanidine groups is 1. The summed E-state index contributed by atoms with van der Waals surface area (Å²) in [5.74, 6) is 0.979. The van der Waals surface area contributed by atoms with E-state index < -0.39 is 0 Å². The first-order valence-corrected chi connectivity index (χ1v) is 8.85. The second kappa shape index (κ2) is 7.98. The predicted molar refractivity (Wildman–Crippen MR) is 118 cm³/mol. The van der Waals surface area contributed by atoms with Crippen molar-refractivity contribution in [1.82, 2.24) is 19.8 Å². The van der Waals surface area contributed by atoms with Crippen molar-refractivity contribution in [2.75, 3.05) is 13.6 Å². The van der Waals surface area contributed by atoms with Crippen molar-refractivity contribution < 1.29 is 0 Å². The Kier molecular flexibility index (Phi) is 6.37. The van der Waals surface area contributed by atoms with Gasteiger partial charge in [0.25, 0.3) is 0 Å². The molecule has 0 aliphatic carbocycles. The van der Waals surface area contributed by atoms with Gasteiger partial charge in [0.05, 0.1) is 6.33 Å². The van der Waals surface area contributed by atoms with Crippen molar-refractivity contribution in [2.45, 2.75) is 46.3 Å². The van der Waals surface area contributed by atoms with Crippen molar-refractivity contribution in [1.29, 1.82) is 0 Å². The molecule has 2 heterocycles. The smallest absolute Gasteiger partial charge is 0.194 e. The number of likely N-dealkylation sites (tertiary alicyclic amines) is 1. The molecule has 1 aromatic heterocycles. The zero-order chi connectivity index (χ0) is 18.1.